The lowest BCUT2D eigenvalue weighted by atomic mass is 10.1. The van der Waals surface area contributed by atoms with Gasteiger partial charge in [0.1, 0.15) is 6.61 Å². The molecular formula is C19H22N2O3. The lowest BCUT2D eigenvalue weighted by Crippen LogP contribution is -2.50. The maximum Gasteiger partial charge on any atom is 0.255 e. The summed E-state index contributed by atoms with van der Waals surface area (Å²) < 4.78 is 11.2. The predicted octanol–water partition coefficient (Wildman–Crippen LogP) is 2.91. The van der Waals surface area contributed by atoms with E-state index in [4.69, 9.17) is 9.47 Å². The van der Waals surface area contributed by atoms with Crippen molar-refractivity contribution in [2.75, 3.05) is 13.2 Å². The van der Waals surface area contributed by atoms with E-state index >= 15 is 0 Å². The summed E-state index contributed by atoms with van der Waals surface area (Å²) in [6.45, 7) is 5.60. The van der Waals surface area contributed by atoms with E-state index < -0.39 is 0 Å². The number of hydrogen-bond acceptors (Lipinski definition) is 4. The molecule has 5 nitrogen and oxygen atoms in total. The van der Waals surface area contributed by atoms with Gasteiger partial charge in [0, 0.05) is 18.8 Å². The number of benzene rings is 1. The molecule has 1 saturated heterocycles. The van der Waals surface area contributed by atoms with E-state index in [0.29, 0.717) is 31.2 Å². The molecule has 0 spiro atoms. The van der Waals surface area contributed by atoms with E-state index in [2.05, 4.69) is 4.98 Å². The summed E-state index contributed by atoms with van der Waals surface area (Å²) in [5.41, 5.74) is 1.65. The Labute approximate surface area is 142 Å². The first-order valence-electron chi connectivity index (χ1n) is 8.19. The average molecular weight is 326 g/mol. The van der Waals surface area contributed by atoms with Crippen LogP contribution in [0.15, 0.2) is 48.7 Å². The van der Waals surface area contributed by atoms with Crippen LogP contribution in [0.5, 0.6) is 5.88 Å². The van der Waals surface area contributed by atoms with Crippen LogP contribution >= 0.6 is 0 Å². The van der Waals surface area contributed by atoms with Crippen LogP contribution in [0.25, 0.3) is 0 Å². The minimum atomic E-state index is -0.0141. The molecule has 1 aliphatic rings. The van der Waals surface area contributed by atoms with Gasteiger partial charge in [0.15, 0.2) is 0 Å². The minimum Gasteiger partial charge on any atom is -0.473 e. The summed E-state index contributed by atoms with van der Waals surface area (Å²) in [5, 5.41) is 0. The Kier molecular flexibility index (Phi) is 5.11. The van der Waals surface area contributed by atoms with Gasteiger partial charge in [0.2, 0.25) is 5.88 Å². The number of rotatable bonds is 4. The number of pyridine rings is 1. The molecule has 1 aromatic heterocycles. The van der Waals surface area contributed by atoms with E-state index in [0.717, 1.165) is 5.56 Å². The number of morpholine rings is 1. The van der Waals surface area contributed by atoms with E-state index in [1.807, 2.05) is 49.1 Å². The van der Waals surface area contributed by atoms with Gasteiger partial charge in [0.05, 0.1) is 24.3 Å². The van der Waals surface area contributed by atoms with Crippen molar-refractivity contribution in [1.29, 1.82) is 0 Å². The SMILES string of the molecule is C[C@H]1CN(C(=O)c2ccc(OCc3ccccc3)nc2)[C@@H](C)CO1. The number of nitrogens with zero attached hydrogens (tertiary/aromatic N) is 2. The third-order valence-corrected chi connectivity index (χ3v) is 4.08. The number of amides is 1. The van der Waals surface area contributed by atoms with Gasteiger partial charge in [-0.05, 0) is 25.5 Å². The molecule has 126 valence electrons. The van der Waals surface area contributed by atoms with Crippen LogP contribution in [0.4, 0.5) is 0 Å². The van der Waals surface area contributed by atoms with Crippen molar-refractivity contribution >= 4 is 5.91 Å². The van der Waals surface area contributed by atoms with Crippen LogP contribution in [0, 0.1) is 0 Å². The minimum absolute atomic E-state index is 0.0141. The zero-order chi connectivity index (χ0) is 16.9. The Balaban J connectivity index is 1.62. The zero-order valence-corrected chi connectivity index (χ0v) is 14.0. The van der Waals surface area contributed by atoms with Crippen molar-refractivity contribution in [1.82, 2.24) is 9.88 Å². The molecule has 2 aromatic rings. The quantitative estimate of drug-likeness (QED) is 0.867. The number of ether oxygens (including phenoxy) is 2. The topological polar surface area (TPSA) is 51.7 Å². The monoisotopic (exact) mass is 326 g/mol. The molecule has 0 aliphatic carbocycles. The average Bonchev–Trinajstić information content (AvgIpc) is 2.63. The maximum absolute atomic E-state index is 12.6. The Morgan fingerprint density at radius 3 is 2.75 bits per heavy atom. The second-order valence-electron chi connectivity index (χ2n) is 6.11. The van der Waals surface area contributed by atoms with Crippen LogP contribution in [-0.4, -0.2) is 41.1 Å². The van der Waals surface area contributed by atoms with Crippen molar-refractivity contribution in [2.24, 2.45) is 0 Å². The van der Waals surface area contributed by atoms with Gasteiger partial charge in [-0.2, -0.15) is 0 Å². The number of aromatic nitrogens is 1. The molecule has 1 aromatic carbocycles. The van der Waals surface area contributed by atoms with Gasteiger partial charge in [0.25, 0.3) is 5.91 Å². The predicted molar refractivity (Wildman–Crippen MR) is 90.9 cm³/mol. The van der Waals surface area contributed by atoms with E-state index in [-0.39, 0.29) is 18.1 Å². The highest BCUT2D eigenvalue weighted by Crippen LogP contribution is 2.17. The molecule has 1 amide bonds. The molecule has 0 unspecified atom stereocenters. The summed E-state index contributed by atoms with van der Waals surface area (Å²) in [5.74, 6) is 0.499. The molecule has 0 N–H and O–H groups in total. The van der Waals surface area contributed by atoms with Gasteiger partial charge in [-0.3, -0.25) is 4.79 Å². The molecular weight excluding hydrogens is 304 g/mol. The highest BCUT2D eigenvalue weighted by molar-refractivity contribution is 5.94. The normalized spacial score (nSPS) is 20.7. The van der Waals surface area contributed by atoms with Gasteiger partial charge in [-0.1, -0.05) is 30.3 Å². The smallest absolute Gasteiger partial charge is 0.255 e. The van der Waals surface area contributed by atoms with Gasteiger partial charge >= 0.3 is 0 Å². The molecule has 0 saturated carbocycles. The lowest BCUT2D eigenvalue weighted by Gasteiger charge is -2.36. The highest BCUT2D eigenvalue weighted by Gasteiger charge is 2.28. The summed E-state index contributed by atoms with van der Waals surface area (Å²) in [7, 11) is 0. The lowest BCUT2D eigenvalue weighted by molar-refractivity contribution is -0.0387. The first kappa shape index (κ1) is 16.5. The van der Waals surface area contributed by atoms with Crippen molar-refractivity contribution in [2.45, 2.75) is 32.6 Å². The Bertz CT molecular complexity index is 673. The van der Waals surface area contributed by atoms with Gasteiger partial charge < -0.3 is 14.4 Å². The van der Waals surface area contributed by atoms with Crippen molar-refractivity contribution < 1.29 is 14.3 Å². The number of hydrogen-bond donors (Lipinski definition) is 0. The Morgan fingerprint density at radius 1 is 1.25 bits per heavy atom. The summed E-state index contributed by atoms with van der Waals surface area (Å²) in [6.07, 6.45) is 1.64. The van der Waals surface area contributed by atoms with Gasteiger partial charge in [-0.15, -0.1) is 0 Å². The number of carbonyl (C=O) groups excluding carboxylic acids is 1. The molecule has 1 fully saturated rings. The molecule has 0 radical (unpaired) electrons. The molecule has 2 atom stereocenters. The molecule has 0 bridgehead atoms. The van der Waals surface area contributed by atoms with Crippen LogP contribution in [0.3, 0.4) is 0 Å². The summed E-state index contributed by atoms with van der Waals surface area (Å²) in [4.78, 5) is 18.7. The highest BCUT2D eigenvalue weighted by atomic mass is 16.5. The third-order valence-electron chi connectivity index (χ3n) is 4.08. The molecule has 3 rings (SSSR count). The maximum atomic E-state index is 12.6. The van der Waals surface area contributed by atoms with Crippen LogP contribution < -0.4 is 4.74 Å². The zero-order valence-electron chi connectivity index (χ0n) is 14.0. The van der Waals surface area contributed by atoms with Crippen LogP contribution in [0.2, 0.25) is 0 Å². The summed E-state index contributed by atoms with van der Waals surface area (Å²) >= 11 is 0. The molecule has 2 heterocycles. The van der Waals surface area contributed by atoms with Crippen LogP contribution in [0.1, 0.15) is 29.8 Å². The third kappa shape index (κ3) is 3.92. The molecule has 5 heteroatoms. The largest absolute Gasteiger partial charge is 0.473 e. The van der Waals surface area contributed by atoms with E-state index in [9.17, 15) is 4.79 Å². The fourth-order valence-corrected chi connectivity index (χ4v) is 2.68. The van der Waals surface area contributed by atoms with Gasteiger partial charge in [-0.25, -0.2) is 4.98 Å². The standard InChI is InChI=1S/C19H22N2O3/c1-14-12-23-15(2)11-21(14)19(22)17-8-9-18(20-10-17)24-13-16-6-4-3-5-7-16/h3-10,14-15H,11-13H2,1-2H3/t14-,15-/m0/s1. The second-order valence-corrected chi connectivity index (χ2v) is 6.11. The first-order valence-corrected chi connectivity index (χ1v) is 8.19. The van der Waals surface area contributed by atoms with E-state index in [1.165, 1.54) is 0 Å². The molecule has 1 aliphatic heterocycles. The second kappa shape index (κ2) is 7.45. The first-order chi connectivity index (χ1) is 11.6. The van der Waals surface area contributed by atoms with Crippen molar-refractivity contribution in [3.05, 3.63) is 59.8 Å². The Morgan fingerprint density at radius 2 is 2.04 bits per heavy atom. The van der Waals surface area contributed by atoms with E-state index in [1.54, 1.807) is 18.3 Å². The fourth-order valence-electron chi connectivity index (χ4n) is 2.68. The molecule has 24 heavy (non-hydrogen) atoms. The summed E-state index contributed by atoms with van der Waals surface area (Å²) in [6, 6.07) is 13.5. The van der Waals surface area contributed by atoms with Crippen molar-refractivity contribution in [3.8, 4) is 5.88 Å². The Hall–Kier alpha value is -2.40. The number of carbonyl (C=O) groups is 1. The van der Waals surface area contributed by atoms with Crippen LogP contribution in [-0.2, 0) is 11.3 Å². The fraction of sp³-hybridized carbons (Fsp3) is 0.368. The van der Waals surface area contributed by atoms with Crippen molar-refractivity contribution in [3.63, 3.8) is 0 Å².